The van der Waals surface area contributed by atoms with E-state index in [1.165, 1.54) is 10.5 Å². The Balaban J connectivity index is 1.63. The Morgan fingerprint density at radius 2 is 1.70 bits per heavy atom. The van der Waals surface area contributed by atoms with Gasteiger partial charge in [-0.3, -0.25) is 4.79 Å². The van der Waals surface area contributed by atoms with E-state index in [9.17, 15) is 13.6 Å². The second-order valence-corrected chi connectivity index (χ2v) is 6.91. The van der Waals surface area contributed by atoms with Crippen LogP contribution in [-0.2, 0) is 11.2 Å². The molecule has 1 saturated heterocycles. The Bertz CT molecular complexity index is 931. The molecule has 1 aliphatic heterocycles. The smallest absolute Gasteiger partial charge is 0.315 e. The Labute approximate surface area is 156 Å². The summed E-state index contributed by atoms with van der Waals surface area (Å²) in [7, 11) is 0. The minimum absolute atomic E-state index is 0.151. The number of para-hydroxylation sites is 2. The van der Waals surface area contributed by atoms with Crippen LogP contribution in [-0.4, -0.2) is 39.9 Å². The van der Waals surface area contributed by atoms with Gasteiger partial charge in [-0.05, 0) is 30.5 Å². The van der Waals surface area contributed by atoms with Crippen LogP contribution in [0, 0.1) is 0 Å². The van der Waals surface area contributed by atoms with Crippen molar-refractivity contribution in [2.75, 3.05) is 13.1 Å². The average molecular weight is 369 g/mol. The van der Waals surface area contributed by atoms with Crippen molar-refractivity contribution in [3.8, 4) is 0 Å². The molecule has 1 fully saturated rings. The van der Waals surface area contributed by atoms with Crippen LogP contribution in [0.4, 0.5) is 8.78 Å². The molecule has 0 unspecified atom stereocenters. The van der Waals surface area contributed by atoms with Gasteiger partial charge in [0.1, 0.15) is 5.82 Å². The average Bonchev–Trinajstić information content (AvgIpc) is 3.06. The van der Waals surface area contributed by atoms with Crippen molar-refractivity contribution in [1.29, 1.82) is 0 Å². The van der Waals surface area contributed by atoms with E-state index >= 15 is 0 Å². The van der Waals surface area contributed by atoms with E-state index in [0.29, 0.717) is 32.4 Å². The first-order valence-corrected chi connectivity index (χ1v) is 9.20. The van der Waals surface area contributed by atoms with Crippen LogP contribution in [0.25, 0.3) is 11.0 Å². The number of aromatic nitrogens is 2. The summed E-state index contributed by atoms with van der Waals surface area (Å²) in [5.74, 6) is -0.0884. The summed E-state index contributed by atoms with van der Waals surface area (Å²) in [6.07, 6.45) is -0.906. The zero-order valence-electron chi connectivity index (χ0n) is 14.9. The van der Waals surface area contributed by atoms with E-state index in [-0.39, 0.29) is 6.04 Å². The first-order valence-electron chi connectivity index (χ1n) is 9.20. The van der Waals surface area contributed by atoms with Crippen LogP contribution in [0.3, 0.4) is 0 Å². The molecule has 0 atom stereocenters. The van der Waals surface area contributed by atoms with Gasteiger partial charge in [0.2, 0.25) is 0 Å². The number of nitrogens with zero attached hydrogens (tertiary/aromatic N) is 3. The predicted molar refractivity (Wildman–Crippen MR) is 99.8 cm³/mol. The summed E-state index contributed by atoms with van der Waals surface area (Å²) < 4.78 is 27.6. The molecule has 6 heteroatoms. The van der Waals surface area contributed by atoms with Crippen LogP contribution in [0.2, 0.25) is 0 Å². The van der Waals surface area contributed by atoms with E-state index in [1.807, 2.05) is 42.5 Å². The minimum atomic E-state index is -2.93. The van der Waals surface area contributed by atoms with E-state index in [2.05, 4.69) is 16.7 Å². The number of benzene rings is 2. The number of carbonyl (C=O) groups excluding carboxylic acids is 1. The molecule has 0 bridgehead atoms. The highest BCUT2D eigenvalue weighted by Gasteiger charge is 2.30. The molecule has 1 aliphatic rings. The third-order valence-corrected chi connectivity index (χ3v) is 5.20. The molecule has 1 amide bonds. The first-order chi connectivity index (χ1) is 13.1. The zero-order valence-corrected chi connectivity index (χ0v) is 14.9. The van der Waals surface area contributed by atoms with E-state index < -0.39 is 12.3 Å². The van der Waals surface area contributed by atoms with Crippen molar-refractivity contribution >= 4 is 16.9 Å². The van der Waals surface area contributed by atoms with Crippen molar-refractivity contribution in [3.63, 3.8) is 0 Å². The molecule has 2 heterocycles. The molecular weight excluding hydrogens is 348 g/mol. The molecule has 0 radical (unpaired) electrons. The van der Waals surface area contributed by atoms with Gasteiger partial charge in [0.25, 0.3) is 5.91 Å². The zero-order chi connectivity index (χ0) is 18.8. The second kappa shape index (κ2) is 7.47. The Morgan fingerprint density at radius 1 is 1.04 bits per heavy atom. The van der Waals surface area contributed by atoms with Crippen LogP contribution < -0.4 is 0 Å². The third kappa shape index (κ3) is 3.56. The molecule has 0 saturated carbocycles. The highest BCUT2D eigenvalue weighted by atomic mass is 19.3. The number of likely N-dealkylation sites (tertiary alicyclic amines) is 1. The molecule has 4 nitrogen and oxygen atoms in total. The van der Waals surface area contributed by atoms with Gasteiger partial charge < -0.3 is 9.47 Å². The number of hydrogen-bond donors (Lipinski definition) is 0. The third-order valence-electron chi connectivity index (χ3n) is 5.20. The lowest BCUT2D eigenvalue weighted by Gasteiger charge is -2.33. The van der Waals surface area contributed by atoms with Crippen molar-refractivity contribution in [2.24, 2.45) is 0 Å². The number of carbonyl (C=O) groups is 1. The predicted octanol–water partition coefficient (Wildman–Crippen LogP) is 4.06. The lowest BCUT2D eigenvalue weighted by Crippen LogP contribution is -2.42. The van der Waals surface area contributed by atoms with Gasteiger partial charge >= 0.3 is 6.43 Å². The number of rotatable bonds is 4. The SMILES string of the molecule is O=C(C(F)F)N1CCC(n2c(Cc3ccccc3)nc3ccccc32)CC1. The van der Waals surface area contributed by atoms with Gasteiger partial charge in [-0.2, -0.15) is 8.78 Å². The highest BCUT2D eigenvalue weighted by Crippen LogP contribution is 2.30. The summed E-state index contributed by atoms with van der Waals surface area (Å²) in [6.45, 7) is 0.705. The highest BCUT2D eigenvalue weighted by molar-refractivity contribution is 5.79. The largest absolute Gasteiger partial charge is 0.338 e. The van der Waals surface area contributed by atoms with Crippen molar-refractivity contribution in [1.82, 2.24) is 14.5 Å². The number of piperidine rings is 1. The van der Waals surface area contributed by atoms with Crippen LogP contribution in [0.5, 0.6) is 0 Å². The number of hydrogen-bond acceptors (Lipinski definition) is 2. The van der Waals surface area contributed by atoms with Gasteiger partial charge in [0.15, 0.2) is 0 Å². The van der Waals surface area contributed by atoms with E-state index in [0.717, 1.165) is 16.9 Å². The topological polar surface area (TPSA) is 38.1 Å². The molecule has 4 rings (SSSR count). The summed E-state index contributed by atoms with van der Waals surface area (Å²) in [5, 5.41) is 0. The molecule has 3 aromatic rings. The fraction of sp³-hybridized carbons (Fsp3) is 0.333. The molecule has 1 aromatic heterocycles. The quantitative estimate of drug-likeness (QED) is 0.696. The van der Waals surface area contributed by atoms with E-state index in [1.54, 1.807) is 0 Å². The fourth-order valence-corrected chi connectivity index (χ4v) is 3.89. The van der Waals surface area contributed by atoms with Crippen molar-refractivity contribution < 1.29 is 13.6 Å². The second-order valence-electron chi connectivity index (χ2n) is 6.91. The Hall–Kier alpha value is -2.76. The van der Waals surface area contributed by atoms with Gasteiger partial charge in [-0.25, -0.2) is 4.98 Å². The molecular formula is C21H21F2N3O. The molecule has 2 aromatic carbocycles. The fourth-order valence-electron chi connectivity index (χ4n) is 3.89. The monoisotopic (exact) mass is 369 g/mol. The normalized spacial score (nSPS) is 15.6. The van der Waals surface area contributed by atoms with Gasteiger partial charge in [-0.15, -0.1) is 0 Å². The molecule has 0 N–H and O–H groups in total. The number of halogens is 2. The summed E-state index contributed by atoms with van der Waals surface area (Å²) >= 11 is 0. The van der Waals surface area contributed by atoms with E-state index in [4.69, 9.17) is 4.98 Å². The minimum Gasteiger partial charge on any atom is -0.338 e. The lowest BCUT2D eigenvalue weighted by molar-refractivity contribution is -0.144. The van der Waals surface area contributed by atoms with Gasteiger partial charge in [-0.1, -0.05) is 42.5 Å². The van der Waals surface area contributed by atoms with Crippen LogP contribution in [0.1, 0.15) is 30.3 Å². The molecule has 140 valence electrons. The molecule has 0 aliphatic carbocycles. The van der Waals surface area contributed by atoms with Crippen molar-refractivity contribution in [3.05, 3.63) is 66.0 Å². The van der Waals surface area contributed by atoms with Crippen LogP contribution >= 0.6 is 0 Å². The van der Waals surface area contributed by atoms with Gasteiger partial charge in [0, 0.05) is 25.6 Å². The maximum Gasteiger partial charge on any atom is 0.315 e. The Morgan fingerprint density at radius 3 is 2.41 bits per heavy atom. The maximum absolute atomic E-state index is 12.7. The maximum atomic E-state index is 12.7. The number of alkyl halides is 2. The Kier molecular flexibility index (Phi) is 4.88. The molecule has 0 spiro atoms. The lowest BCUT2D eigenvalue weighted by atomic mass is 10.0. The number of imidazole rings is 1. The summed E-state index contributed by atoms with van der Waals surface area (Å²) in [5.41, 5.74) is 3.18. The number of amides is 1. The molecule has 27 heavy (non-hydrogen) atoms. The standard InChI is InChI=1S/C21H21F2N3O/c22-20(23)21(27)25-12-10-16(11-13-25)26-18-9-5-4-8-17(18)24-19(26)14-15-6-2-1-3-7-15/h1-9,16,20H,10-14H2. The first kappa shape index (κ1) is 17.6. The van der Waals surface area contributed by atoms with Gasteiger partial charge in [0.05, 0.1) is 11.0 Å². The summed E-state index contributed by atoms with van der Waals surface area (Å²) in [4.78, 5) is 17.7. The number of fused-ring (bicyclic) bond motifs is 1. The summed E-state index contributed by atoms with van der Waals surface area (Å²) in [6, 6.07) is 18.3. The van der Waals surface area contributed by atoms with Crippen LogP contribution in [0.15, 0.2) is 54.6 Å². The van der Waals surface area contributed by atoms with Crippen molar-refractivity contribution in [2.45, 2.75) is 31.7 Å².